The molecule has 1 aliphatic heterocycles. The third kappa shape index (κ3) is 5.73. The molecule has 1 saturated heterocycles. The van der Waals surface area contributed by atoms with Crippen LogP contribution in [0.3, 0.4) is 0 Å². The Morgan fingerprint density at radius 3 is 2.38 bits per heavy atom. The number of carbonyl (C=O) groups is 2. The van der Waals surface area contributed by atoms with Crippen molar-refractivity contribution in [3.63, 3.8) is 0 Å². The molecule has 2 bridgehead atoms. The van der Waals surface area contributed by atoms with Crippen molar-refractivity contribution in [2.45, 2.75) is 146 Å². The summed E-state index contributed by atoms with van der Waals surface area (Å²) in [4.78, 5) is 31.7. The number of fused-ring (bicyclic) bond motifs is 3. The molecular formula is C42H69N5O5. The standard InChI is InChI=1S/C42H69N5O5/c1-24(2)26(5)39(10)17-18-40(11)27-13-14-30-38(9)19-29(47-34(44-23-45-47)35(48)46-25(3)4)33(52-20-31(43)37(6,7)8)42(30,22-51-21-38)28(27)15-16-41(40,12)32(39)36(49)50/h15,23-27,29-33H,13-14,16-22,43H2,1-12H3,(H,46,48)(H,49,50)/t26-,27+,29-,30-,31+,32-,33+,38-,39-,40-,41+,42+/m1/s1. The highest BCUT2D eigenvalue weighted by Gasteiger charge is 2.72. The number of hydrogen-bond acceptors (Lipinski definition) is 7. The monoisotopic (exact) mass is 724 g/mol. The molecule has 1 aromatic rings. The average molecular weight is 724 g/mol. The summed E-state index contributed by atoms with van der Waals surface area (Å²) in [5.74, 6) is 0.0557. The fourth-order valence-electron chi connectivity index (χ4n) is 12.5. The van der Waals surface area contributed by atoms with E-state index in [1.807, 2.05) is 18.5 Å². The zero-order valence-electron chi connectivity index (χ0n) is 34.2. The number of aliphatic carboxylic acids is 1. The van der Waals surface area contributed by atoms with Crippen LogP contribution in [0.4, 0.5) is 0 Å². The van der Waals surface area contributed by atoms with Crippen molar-refractivity contribution in [3.05, 3.63) is 23.8 Å². The number of rotatable bonds is 9. The Morgan fingerprint density at radius 1 is 1.08 bits per heavy atom. The van der Waals surface area contributed by atoms with Gasteiger partial charge in [0.2, 0.25) is 5.82 Å². The second-order valence-corrected chi connectivity index (χ2v) is 20.5. The second kappa shape index (κ2) is 13.2. The molecule has 1 aromatic heterocycles. The van der Waals surface area contributed by atoms with Gasteiger partial charge < -0.3 is 25.6 Å². The number of nitrogens with one attached hydrogen (secondary N) is 1. The minimum Gasteiger partial charge on any atom is -0.481 e. The zero-order chi connectivity index (χ0) is 38.4. The summed E-state index contributed by atoms with van der Waals surface area (Å²) in [5.41, 5.74) is 6.37. The molecule has 2 heterocycles. The van der Waals surface area contributed by atoms with Crippen LogP contribution in [-0.2, 0) is 14.3 Å². The van der Waals surface area contributed by atoms with Gasteiger partial charge in [-0.15, -0.1) is 0 Å². The van der Waals surface area contributed by atoms with Gasteiger partial charge in [-0.25, -0.2) is 9.67 Å². The largest absolute Gasteiger partial charge is 0.481 e. The first-order valence-electron chi connectivity index (χ1n) is 20.2. The smallest absolute Gasteiger partial charge is 0.307 e. The van der Waals surface area contributed by atoms with Crippen molar-refractivity contribution in [1.29, 1.82) is 0 Å². The molecule has 0 aromatic carbocycles. The van der Waals surface area contributed by atoms with Gasteiger partial charge in [-0.2, -0.15) is 5.10 Å². The van der Waals surface area contributed by atoms with Crippen LogP contribution >= 0.6 is 0 Å². The Kier molecular flexibility index (Phi) is 9.98. The maximum absolute atomic E-state index is 13.6. The quantitative estimate of drug-likeness (QED) is 0.226. The predicted molar refractivity (Wildman–Crippen MR) is 202 cm³/mol. The first-order valence-corrected chi connectivity index (χ1v) is 20.2. The van der Waals surface area contributed by atoms with Gasteiger partial charge in [-0.1, -0.05) is 80.9 Å². The lowest BCUT2D eigenvalue weighted by atomic mass is 9.34. The summed E-state index contributed by atoms with van der Waals surface area (Å²) in [5, 5.41) is 19.0. The third-order valence-corrected chi connectivity index (χ3v) is 16.1. The van der Waals surface area contributed by atoms with Crippen LogP contribution in [0.1, 0.15) is 138 Å². The topological polar surface area (TPSA) is 142 Å². The highest BCUT2D eigenvalue weighted by atomic mass is 16.5. The number of nitrogens with zero attached hydrogens (tertiary/aromatic N) is 3. The second-order valence-electron chi connectivity index (χ2n) is 20.5. The van der Waals surface area contributed by atoms with E-state index < -0.39 is 22.7 Å². The molecule has 0 spiro atoms. The van der Waals surface area contributed by atoms with E-state index in [1.54, 1.807) is 0 Å². The van der Waals surface area contributed by atoms with E-state index in [9.17, 15) is 14.7 Å². The van der Waals surface area contributed by atoms with E-state index in [0.29, 0.717) is 38.0 Å². The van der Waals surface area contributed by atoms with Gasteiger partial charge >= 0.3 is 5.97 Å². The molecule has 0 radical (unpaired) electrons. The predicted octanol–water partition coefficient (Wildman–Crippen LogP) is 7.30. The fourth-order valence-corrected chi connectivity index (χ4v) is 12.5. The number of ether oxygens (including phenoxy) is 2. The summed E-state index contributed by atoms with van der Waals surface area (Å²) >= 11 is 0. The molecule has 4 fully saturated rings. The van der Waals surface area contributed by atoms with Crippen LogP contribution in [-0.4, -0.2) is 69.8 Å². The number of carboxylic acids is 1. The Hall–Kier alpha value is -2.30. The lowest BCUT2D eigenvalue weighted by Gasteiger charge is -2.71. The summed E-state index contributed by atoms with van der Waals surface area (Å²) in [6.07, 6.45) is 8.90. The highest BCUT2D eigenvalue weighted by Crippen LogP contribution is 2.75. The highest BCUT2D eigenvalue weighted by molar-refractivity contribution is 5.90. The van der Waals surface area contributed by atoms with E-state index in [2.05, 4.69) is 85.6 Å². The molecule has 4 aliphatic carbocycles. The summed E-state index contributed by atoms with van der Waals surface area (Å²) in [6, 6.07) is -0.538. The number of carboxylic acid groups (broad SMARTS) is 1. The number of carbonyl (C=O) groups excluding carboxylic acids is 1. The Balaban J connectivity index is 1.52. The Morgan fingerprint density at radius 2 is 1.77 bits per heavy atom. The van der Waals surface area contributed by atoms with Crippen molar-refractivity contribution in [2.75, 3.05) is 19.8 Å². The van der Waals surface area contributed by atoms with Gasteiger partial charge in [0.05, 0.1) is 37.9 Å². The van der Waals surface area contributed by atoms with Crippen molar-refractivity contribution < 1.29 is 24.2 Å². The SMILES string of the molecule is CC(C)NC(=O)c1ncnn1[C@@H]1C[C@]2(C)COC[C@@]3(C4=CC[C@@]5(C)[C@H](C(=O)O)[C@@](C)([C@H](C)C(C)C)CC[C@]5(C)[C@H]4CC[C@H]23)[C@H]1OC[C@H](N)C(C)(C)C. The Labute approximate surface area is 312 Å². The molecule has 4 N–H and O–H groups in total. The minimum atomic E-state index is -0.658. The van der Waals surface area contributed by atoms with E-state index >= 15 is 0 Å². The molecule has 0 unspecified atom stereocenters. The lowest BCUT2D eigenvalue weighted by molar-refractivity contribution is -0.253. The van der Waals surface area contributed by atoms with Crippen LogP contribution in [0, 0.1) is 62.1 Å². The minimum absolute atomic E-state index is 0.0498. The van der Waals surface area contributed by atoms with Gasteiger partial charge in [-0.3, -0.25) is 9.59 Å². The fraction of sp³-hybridized carbons (Fsp3) is 0.857. The summed E-state index contributed by atoms with van der Waals surface area (Å²) < 4.78 is 15.8. The van der Waals surface area contributed by atoms with Crippen molar-refractivity contribution in [2.24, 2.45) is 67.8 Å². The molecule has 5 aliphatic rings. The Bertz CT molecular complexity index is 1570. The van der Waals surface area contributed by atoms with Gasteiger partial charge in [0.1, 0.15) is 6.33 Å². The van der Waals surface area contributed by atoms with Crippen molar-refractivity contribution >= 4 is 11.9 Å². The van der Waals surface area contributed by atoms with E-state index in [4.69, 9.17) is 20.3 Å². The van der Waals surface area contributed by atoms with Crippen molar-refractivity contribution in [1.82, 2.24) is 20.1 Å². The van der Waals surface area contributed by atoms with Crippen LogP contribution in [0.15, 0.2) is 18.0 Å². The molecule has 292 valence electrons. The molecular weight excluding hydrogens is 654 g/mol. The van der Waals surface area contributed by atoms with Crippen LogP contribution in [0.5, 0.6) is 0 Å². The first kappa shape index (κ1) is 39.4. The molecule has 6 rings (SSSR count). The molecule has 1 amide bonds. The van der Waals surface area contributed by atoms with Crippen LogP contribution < -0.4 is 11.1 Å². The number of amides is 1. The van der Waals surface area contributed by atoms with Crippen LogP contribution in [0.25, 0.3) is 0 Å². The molecule has 12 atom stereocenters. The average Bonchev–Trinajstić information content (AvgIpc) is 3.53. The number of allylic oxidation sites excluding steroid dienone is 1. The maximum Gasteiger partial charge on any atom is 0.307 e. The summed E-state index contributed by atoms with van der Waals surface area (Å²) in [6.45, 7) is 27.9. The van der Waals surface area contributed by atoms with Gasteiger partial charge in [-0.05, 0) is 103 Å². The van der Waals surface area contributed by atoms with Gasteiger partial charge in [0.15, 0.2) is 0 Å². The summed E-state index contributed by atoms with van der Waals surface area (Å²) in [7, 11) is 0. The number of hydrogen-bond donors (Lipinski definition) is 3. The molecule has 52 heavy (non-hydrogen) atoms. The molecule has 10 heteroatoms. The molecule has 10 nitrogen and oxygen atoms in total. The van der Waals surface area contributed by atoms with E-state index in [-0.39, 0.29) is 69.6 Å². The first-order chi connectivity index (χ1) is 24.1. The van der Waals surface area contributed by atoms with Gasteiger partial charge in [0, 0.05) is 17.5 Å². The lowest BCUT2D eigenvalue weighted by Crippen LogP contribution is -2.70. The van der Waals surface area contributed by atoms with Crippen molar-refractivity contribution in [3.8, 4) is 0 Å². The maximum atomic E-state index is 13.6. The third-order valence-electron chi connectivity index (χ3n) is 16.1. The van der Waals surface area contributed by atoms with E-state index in [0.717, 1.165) is 32.1 Å². The normalized spacial score (nSPS) is 41.4. The zero-order valence-corrected chi connectivity index (χ0v) is 34.2. The van der Waals surface area contributed by atoms with Crippen LogP contribution in [0.2, 0.25) is 0 Å². The number of aromatic nitrogens is 3. The molecule has 3 saturated carbocycles. The van der Waals surface area contributed by atoms with E-state index in [1.165, 1.54) is 11.9 Å². The number of nitrogens with two attached hydrogens (primary N) is 1. The van der Waals surface area contributed by atoms with Gasteiger partial charge in [0.25, 0.3) is 5.91 Å².